The number of aliphatic imine (C=N–C) groups is 1. The van der Waals surface area contributed by atoms with Crippen LogP contribution >= 0.6 is 0 Å². The molecule has 0 aliphatic carbocycles. The summed E-state index contributed by atoms with van der Waals surface area (Å²) in [6, 6.07) is 7.60. The van der Waals surface area contributed by atoms with Crippen molar-refractivity contribution in [2.75, 3.05) is 67.2 Å². The molecule has 26 heavy (non-hydrogen) atoms. The molecule has 1 aromatic carbocycles. The maximum absolute atomic E-state index is 5.73. The van der Waals surface area contributed by atoms with Crippen molar-refractivity contribution in [2.45, 2.75) is 13.3 Å². The standard InChI is InChI=1S/C19H34N4O3/c1-5-20-19(21-10-13-23(2)12-7-14-24-3)22-11-15-26-18-9-6-8-17(16-18)25-4/h6,8-9,16H,5,7,10-15H2,1-4H3,(H2,20,21,22). The van der Waals surface area contributed by atoms with Crippen LogP contribution in [-0.2, 0) is 4.74 Å². The second-order valence-electron chi connectivity index (χ2n) is 5.86. The average molecular weight is 367 g/mol. The monoisotopic (exact) mass is 366 g/mol. The van der Waals surface area contributed by atoms with Gasteiger partial charge in [0.2, 0.25) is 0 Å². The van der Waals surface area contributed by atoms with Gasteiger partial charge in [0.25, 0.3) is 0 Å². The Bertz CT molecular complexity index is 511. The normalized spacial score (nSPS) is 11.5. The highest BCUT2D eigenvalue weighted by Gasteiger charge is 2.01. The van der Waals surface area contributed by atoms with Crippen molar-refractivity contribution in [3.8, 4) is 11.5 Å². The van der Waals surface area contributed by atoms with E-state index in [1.807, 2.05) is 24.3 Å². The molecular weight excluding hydrogens is 332 g/mol. The minimum atomic E-state index is 0.550. The Hall–Kier alpha value is -1.99. The minimum Gasteiger partial charge on any atom is -0.497 e. The molecule has 0 saturated carbocycles. The van der Waals surface area contributed by atoms with Crippen LogP contribution in [0.2, 0.25) is 0 Å². The quantitative estimate of drug-likeness (QED) is 0.314. The molecule has 0 aliphatic rings. The minimum absolute atomic E-state index is 0.550. The van der Waals surface area contributed by atoms with Gasteiger partial charge >= 0.3 is 0 Å². The van der Waals surface area contributed by atoms with Crippen LogP contribution in [0.15, 0.2) is 29.3 Å². The van der Waals surface area contributed by atoms with Crippen LogP contribution in [0.5, 0.6) is 11.5 Å². The second-order valence-corrected chi connectivity index (χ2v) is 5.86. The van der Waals surface area contributed by atoms with Crippen molar-refractivity contribution in [2.24, 2.45) is 4.99 Å². The van der Waals surface area contributed by atoms with E-state index < -0.39 is 0 Å². The van der Waals surface area contributed by atoms with Gasteiger partial charge in [-0.1, -0.05) is 6.07 Å². The van der Waals surface area contributed by atoms with Gasteiger partial charge in [-0.25, -0.2) is 0 Å². The Morgan fingerprint density at radius 1 is 1.12 bits per heavy atom. The third-order valence-corrected chi connectivity index (χ3v) is 3.69. The molecule has 0 saturated heterocycles. The first-order valence-electron chi connectivity index (χ1n) is 9.16. The molecular formula is C19H34N4O3. The smallest absolute Gasteiger partial charge is 0.191 e. The Labute approximate surface area is 157 Å². The lowest BCUT2D eigenvalue weighted by Gasteiger charge is -2.16. The first-order valence-corrected chi connectivity index (χ1v) is 9.16. The lowest BCUT2D eigenvalue weighted by Crippen LogP contribution is -2.39. The average Bonchev–Trinajstić information content (AvgIpc) is 2.65. The molecule has 7 heteroatoms. The first kappa shape index (κ1) is 22.1. The molecule has 1 aromatic rings. The van der Waals surface area contributed by atoms with Crippen molar-refractivity contribution in [3.05, 3.63) is 24.3 Å². The number of benzene rings is 1. The molecule has 0 aromatic heterocycles. The number of hydrogen-bond donors (Lipinski definition) is 2. The zero-order valence-corrected chi connectivity index (χ0v) is 16.6. The number of nitrogens with zero attached hydrogens (tertiary/aromatic N) is 2. The van der Waals surface area contributed by atoms with Crippen molar-refractivity contribution in [1.82, 2.24) is 15.5 Å². The predicted molar refractivity (Wildman–Crippen MR) is 106 cm³/mol. The summed E-state index contributed by atoms with van der Waals surface area (Å²) in [5.41, 5.74) is 0. The lowest BCUT2D eigenvalue weighted by atomic mass is 10.3. The van der Waals surface area contributed by atoms with Crippen LogP contribution in [0.1, 0.15) is 13.3 Å². The van der Waals surface area contributed by atoms with E-state index in [0.717, 1.165) is 56.7 Å². The predicted octanol–water partition coefficient (Wildman–Crippen LogP) is 1.60. The summed E-state index contributed by atoms with van der Waals surface area (Å²) in [6.45, 7) is 7.58. The van der Waals surface area contributed by atoms with Crippen LogP contribution in [0.4, 0.5) is 0 Å². The van der Waals surface area contributed by atoms with Gasteiger partial charge in [0.15, 0.2) is 5.96 Å². The maximum Gasteiger partial charge on any atom is 0.191 e. The molecule has 0 fully saturated rings. The Morgan fingerprint density at radius 3 is 2.65 bits per heavy atom. The van der Waals surface area contributed by atoms with E-state index in [1.54, 1.807) is 14.2 Å². The molecule has 0 bridgehead atoms. The summed E-state index contributed by atoms with van der Waals surface area (Å²) < 4.78 is 16.0. The summed E-state index contributed by atoms with van der Waals surface area (Å²) in [7, 11) is 5.49. The highest BCUT2D eigenvalue weighted by Crippen LogP contribution is 2.18. The Morgan fingerprint density at radius 2 is 1.92 bits per heavy atom. The van der Waals surface area contributed by atoms with Gasteiger partial charge in [0.05, 0.1) is 20.2 Å². The fourth-order valence-electron chi connectivity index (χ4n) is 2.29. The van der Waals surface area contributed by atoms with Gasteiger partial charge in [0.1, 0.15) is 18.1 Å². The molecule has 0 aliphatic heterocycles. The van der Waals surface area contributed by atoms with Crippen molar-refractivity contribution < 1.29 is 14.2 Å². The molecule has 0 heterocycles. The molecule has 0 atom stereocenters. The van der Waals surface area contributed by atoms with E-state index in [2.05, 4.69) is 34.5 Å². The SMILES string of the molecule is CCNC(=NCCN(C)CCCOC)NCCOc1cccc(OC)c1. The van der Waals surface area contributed by atoms with Gasteiger partial charge in [-0.15, -0.1) is 0 Å². The zero-order chi connectivity index (χ0) is 19.0. The summed E-state index contributed by atoms with van der Waals surface area (Å²) in [4.78, 5) is 6.86. The van der Waals surface area contributed by atoms with Crippen molar-refractivity contribution in [1.29, 1.82) is 0 Å². The van der Waals surface area contributed by atoms with Gasteiger partial charge in [-0.05, 0) is 32.5 Å². The number of guanidine groups is 1. The summed E-state index contributed by atoms with van der Waals surface area (Å²) >= 11 is 0. The number of nitrogens with one attached hydrogen (secondary N) is 2. The third-order valence-electron chi connectivity index (χ3n) is 3.69. The zero-order valence-electron chi connectivity index (χ0n) is 16.6. The molecule has 1 rings (SSSR count). The van der Waals surface area contributed by atoms with Crippen LogP contribution in [0.3, 0.4) is 0 Å². The van der Waals surface area contributed by atoms with Crippen LogP contribution < -0.4 is 20.1 Å². The van der Waals surface area contributed by atoms with Gasteiger partial charge < -0.3 is 29.7 Å². The van der Waals surface area contributed by atoms with Crippen LogP contribution in [0, 0.1) is 0 Å². The largest absolute Gasteiger partial charge is 0.497 e. The maximum atomic E-state index is 5.73. The molecule has 148 valence electrons. The van der Waals surface area contributed by atoms with Gasteiger partial charge in [0, 0.05) is 39.4 Å². The van der Waals surface area contributed by atoms with E-state index in [1.165, 1.54) is 0 Å². The fraction of sp³-hybridized carbons (Fsp3) is 0.632. The third kappa shape index (κ3) is 10.1. The first-order chi connectivity index (χ1) is 12.7. The molecule has 7 nitrogen and oxygen atoms in total. The number of ether oxygens (including phenoxy) is 3. The van der Waals surface area contributed by atoms with Crippen LogP contribution in [-0.4, -0.2) is 78.1 Å². The number of likely N-dealkylation sites (N-methyl/N-ethyl adjacent to an activating group) is 1. The van der Waals surface area contributed by atoms with Crippen molar-refractivity contribution >= 4 is 5.96 Å². The number of hydrogen-bond acceptors (Lipinski definition) is 5. The Balaban J connectivity index is 2.28. The molecule has 2 N–H and O–H groups in total. The summed E-state index contributed by atoms with van der Waals surface area (Å²) in [6.07, 6.45) is 1.04. The second kappa shape index (κ2) is 14.2. The van der Waals surface area contributed by atoms with Gasteiger partial charge in [-0.3, -0.25) is 4.99 Å². The highest BCUT2D eigenvalue weighted by atomic mass is 16.5. The Kier molecular flexibility index (Phi) is 12.1. The van der Waals surface area contributed by atoms with E-state index in [9.17, 15) is 0 Å². The van der Waals surface area contributed by atoms with Crippen molar-refractivity contribution in [3.63, 3.8) is 0 Å². The highest BCUT2D eigenvalue weighted by molar-refractivity contribution is 5.79. The lowest BCUT2D eigenvalue weighted by molar-refractivity contribution is 0.180. The van der Waals surface area contributed by atoms with Crippen LogP contribution in [0.25, 0.3) is 0 Å². The topological polar surface area (TPSA) is 67.4 Å². The van der Waals surface area contributed by atoms with E-state index in [4.69, 9.17) is 14.2 Å². The summed E-state index contributed by atoms with van der Waals surface area (Å²) in [5, 5.41) is 6.54. The fourth-order valence-corrected chi connectivity index (χ4v) is 2.29. The number of methoxy groups -OCH3 is 2. The van der Waals surface area contributed by atoms with E-state index in [-0.39, 0.29) is 0 Å². The molecule has 0 amide bonds. The van der Waals surface area contributed by atoms with E-state index in [0.29, 0.717) is 13.2 Å². The molecule has 0 unspecified atom stereocenters. The summed E-state index contributed by atoms with van der Waals surface area (Å²) in [5.74, 6) is 2.40. The molecule has 0 radical (unpaired) electrons. The van der Waals surface area contributed by atoms with Gasteiger partial charge in [-0.2, -0.15) is 0 Å². The molecule has 0 spiro atoms. The number of rotatable bonds is 13. The van der Waals surface area contributed by atoms with E-state index >= 15 is 0 Å².